The molecular weight excluding hydrogens is 356 g/mol. The molecule has 4 N–H and O–H groups in total. The van der Waals surface area contributed by atoms with Crippen molar-refractivity contribution in [3.63, 3.8) is 0 Å². The van der Waals surface area contributed by atoms with E-state index in [1.807, 2.05) is 6.07 Å². The number of nitriles is 1. The first-order valence-electron chi connectivity index (χ1n) is 7.89. The molecule has 136 valence electrons. The van der Waals surface area contributed by atoms with Crippen molar-refractivity contribution in [3.05, 3.63) is 28.8 Å². The second-order valence-electron chi connectivity index (χ2n) is 6.19. The van der Waals surface area contributed by atoms with E-state index in [-0.39, 0.29) is 47.4 Å². The summed E-state index contributed by atoms with van der Waals surface area (Å²) >= 11 is 5.18. The summed E-state index contributed by atoms with van der Waals surface area (Å²) in [6, 6.07) is 4.86. The van der Waals surface area contributed by atoms with Gasteiger partial charge in [-0.3, -0.25) is 9.59 Å². The monoisotopic (exact) mass is 374 g/mol. The molecule has 1 aromatic carbocycles. The highest BCUT2D eigenvalue weighted by Crippen LogP contribution is 2.30. The number of hydrogen-bond acceptors (Lipinski definition) is 7. The molecule has 0 aromatic heterocycles. The molecule has 0 aliphatic heterocycles. The van der Waals surface area contributed by atoms with Gasteiger partial charge in [0.05, 0.1) is 5.57 Å². The molecule has 1 aromatic rings. The SMILES string of the molecule is Cc1cc(/C=C(\C#N)C(=S)NCC2CC(=O)C(O)C(=O)C2)cc(O)c1O. The van der Waals surface area contributed by atoms with Crippen LogP contribution in [0.5, 0.6) is 11.5 Å². The van der Waals surface area contributed by atoms with E-state index in [0.717, 1.165) is 0 Å². The summed E-state index contributed by atoms with van der Waals surface area (Å²) in [6.45, 7) is 1.84. The van der Waals surface area contributed by atoms with Gasteiger partial charge < -0.3 is 20.6 Å². The summed E-state index contributed by atoms with van der Waals surface area (Å²) in [4.78, 5) is 23.2. The molecular formula is C18H18N2O5S. The van der Waals surface area contributed by atoms with Crippen LogP contribution < -0.4 is 5.32 Å². The van der Waals surface area contributed by atoms with Gasteiger partial charge in [0.15, 0.2) is 29.2 Å². The second kappa shape index (κ2) is 8.08. The smallest absolute Gasteiger partial charge is 0.170 e. The van der Waals surface area contributed by atoms with Gasteiger partial charge in [0.2, 0.25) is 0 Å². The van der Waals surface area contributed by atoms with Crippen LogP contribution in [0.2, 0.25) is 0 Å². The Bertz CT molecular complexity index is 799. The lowest BCUT2D eigenvalue weighted by molar-refractivity contribution is -0.143. The van der Waals surface area contributed by atoms with Crippen molar-refractivity contribution in [2.24, 2.45) is 5.92 Å². The number of benzene rings is 1. The zero-order valence-corrected chi connectivity index (χ0v) is 14.8. The van der Waals surface area contributed by atoms with Gasteiger partial charge in [0, 0.05) is 19.4 Å². The number of nitrogens with one attached hydrogen (secondary N) is 1. The summed E-state index contributed by atoms with van der Waals surface area (Å²) < 4.78 is 0. The molecule has 1 saturated carbocycles. The van der Waals surface area contributed by atoms with Crippen molar-refractivity contribution in [2.75, 3.05) is 6.54 Å². The van der Waals surface area contributed by atoms with Crippen LogP contribution in [0.15, 0.2) is 17.7 Å². The molecule has 2 rings (SSSR count). The minimum absolute atomic E-state index is 0.0686. The standard InChI is InChI=1S/C18H18N2O5S/c1-9-2-10(4-13(21)16(9)24)3-12(7-19)18(26)20-8-11-5-14(22)17(25)15(23)6-11/h2-4,11,17,21,24-25H,5-6,8H2,1H3,(H,20,26)/b12-3+. The van der Waals surface area contributed by atoms with Gasteiger partial charge in [0.1, 0.15) is 11.1 Å². The molecule has 8 heteroatoms. The van der Waals surface area contributed by atoms with E-state index in [9.17, 15) is 30.2 Å². The zero-order chi connectivity index (χ0) is 19.4. The van der Waals surface area contributed by atoms with Gasteiger partial charge in [-0.15, -0.1) is 0 Å². The second-order valence-corrected chi connectivity index (χ2v) is 6.60. The molecule has 0 spiro atoms. The Morgan fingerprint density at radius 3 is 2.50 bits per heavy atom. The molecule has 1 aliphatic rings. The molecule has 0 heterocycles. The first-order chi connectivity index (χ1) is 12.2. The van der Waals surface area contributed by atoms with Gasteiger partial charge in [-0.1, -0.05) is 12.2 Å². The molecule has 0 saturated heterocycles. The minimum Gasteiger partial charge on any atom is -0.504 e. The van der Waals surface area contributed by atoms with E-state index in [0.29, 0.717) is 11.1 Å². The molecule has 0 amide bonds. The van der Waals surface area contributed by atoms with Gasteiger partial charge >= 0.3 is 0 Å². The number of carbonyl (C=O) groups is 2. The van der Waals surface area contributed by atoms with Gasteiger partial charge in [-0.25, -0.2) is 0 Å². The fraction of sp³-hybridized carbons (Fsp3) is 0.333. The van der Waals surface area contributed by atoms with Gasteiger partial charge in [-0.05, 0) is 42.2 Å². The third-order valence-electron chi connectivity index (χ3n) is 4.12. The van der Waals surface area contributed by atoms with Crippen LogP contribution in [0.3, 0.4) is 0 Å². The number of aliphatic hydroxyl groups is 1. The number of aliphatic hydroxyl groups excluding tert-OH is 1. The maximum atomic E-state index is 11.5. The number of aromatic hydroxyl groups is 2. The fourth-order valence-electron chi connectivity index (χ4n) is 2.71. The van der Waals surface area contributed by atoms with Crippen LogP contribution in [0.4, 0.5) is 0 Å². The first kappa shape index (κ1) is 19.6. The van der Waals surface area contributed by atoms with Crippen LogP contribution in [0.1, 0.15) is 24.0 Å². The van der Waals surface area contributed by atoms with Gasteiger partial charge in [0.25, 0.3) is 0 Å². The lowest BCUT2D eigenvalue weighted by atomic mass is 9.85. The van der Waals surface area contributed by atoms with E-state index in [1.165, 1.54) is 12.1 Å². The first-order valence-corrected chi connectivity index (χ1v) is 8.29. The van der Waals surface area contributed by atoms with Crippen LogP contribution in [0.25, 0.3) is 6.08 Å². The molecule has 26 heavy (non-hydrogen) atoms. The van der Waals surface area contributed by atoms with Crippen molar-refractivity contribution in [3.8, 4) is 17.6 Å². The summed E-state index contributed by atoms with van der Waals surface area (Å²) in [5.74, 6) is -1.84. The normalized spacial score (nSPS) is 20.6. The third-order valence-corrected chi connectivity index (χ3v) is 4.48. The summed E-state index contributed by atoms with van der Waals surface area (Å²) in [7, 11) is 0. The number of ketones is 2. The van der Waals surface area contributed by atoms with E-state index >= 15 is 0 Å². The maximum Gasteiger partial charge on any atom is 0.170 e. The number of Topliss-reactive ketones (excluding diaryl/α,β-unsaturated/α-hetero) is 2. The largest absolute Gasteiger partial charge is 0.504 e. The average Bonchev–Trinajstić information content (AvgIpc) is 2.59. The predicted molar refractivity (Wildman–Crippen MR) is 97.4 cm³/mol. The van der Waals surface area contributed by atoms with E-state index in [2.05, 4.69) is 5.32 Å². The lowest BCUT2D eigenvalue weighted by Crippen LogP contribution is -2.41. The highest BCUT2D eigenvalue weighted by atomic mass is 32.1. The number of hydrogen-bond donors (Lipinski definition) is 4. The average molecular weight is 374 g/mol. The quantitative estimate of drug-likeness (QED) is 0.203. The van der Waals surface area contributed by atoms with Crippen molar-refractivity contribution >= 4 is 34.8 Å². The van der Waals surface area contributed by atoms with Gasteiger partial charge in [-0.2, -0.15) is 5.26 Å². The molecule has 0 unspecified atom stereocenters. The number of phenols is 2. The van der Waals surface area contributed by atoms with E-state index in [1.54, 1.807) is 13.0 Å². The summed E-state index contributed by atoms with van der Waals surface area (Å²) in [6.07, 6.45) is 0.0685. The third kappa shape index (κ3) is 4.45. The molecule has 7 nitrogen and oxygen atoms in total. The van der Waals surface area contributed by atoms with Crippen LogP contribution in [0, 0.1) is 24.2 Å². The molecule has 0 bridgehead atoms. The number of rotatable bonds is 4. The zero-order valence-electron chi connectivity index (χ0n) is 14.0. The minimum atomic E-state index is -1.53. The van der Waals surface area contributed by atoms with Crippen LogP contribution in [-0.4, -0.2) is 44.5 Å². The Labute approximate surface area is 155 Å². The highest BCUT2D eigenvalue weighted by Gasteiger charge is 2.33. The Hall–Kier alpha value is -2.76. The van der Waals surface area contributed by atoms with Crippen molar-refractivity contribution in [2.45, 2.75) is 25.9 Å². The summed E-state index contributed by atoms with van der Waals surface area (Å²) in [5, 5.41) is 40.8. The number of thiocarbonyl (C=S) groups is 1. The Morgan fingerprint density at radius 1 is 1.35 bits per heavy atom. The Kier molecular flexibility index (Phi) is 6.08. The Morgan fingerprint density at radius 2 is 1.96 bits per heavy atom. The van der Waals surface area contributed by atoms with Crippen molar-refractivity contribution in [1.29, 1.82) is 5.26 Å². The predicted octanol–water partition coefficient (Wildman–Crippen LogP) is 1.14. The van der Waals surface area contributed by atoms with Crippen LogP contribution in [-0.2, 0) is 9.59 Å². The molecule has 0 radical (unpaired) electrons. The highest BCUT2D eigenvalue weighted by molar-refractivity contribution is 7.80. The number of carbonyl (C=O) groups excluding carboxylic acids is 2. The maximum absolute atomic E-state index is 11.5. The molecule has 1 fully saturated rings. The van der Waals surface area contributed by atoms with Crippen molar-refractivity contribution < 1.29 is 24.9 Å². The van der Waals surface area contributed by atoms with Crippen LogP contribution >= 0.6 is 12.2 Å². The lowest BCUT2D eigenvalue weighted by Gasteiger charge is -2.23. The van der Waals surface area contributed by atoms with E-state index < -0.39 is 17.7 Å². The number of phenolic OH excluding ortho intramolecular Hbond substituents is 2. The topological polar surface area (TPSA) is 131 Å². The molecule has 1 aliphatic carbocycles. The number of nitrogens with zero attached hydrogens (tertiary/aromatic N) is 1. The molecule has 0 atom stereocenters. The number of aryl methyl sites for hydroxylation is 1. The summed E-state index contributed by atoms with van der Waals surface area (Å²) in [5.41, 5.74) is 1.08. The fourth-order valence-corrected chi connectivity index (χ4v) is 2.90. The Balaban J connectivity index is 2.06. The van der Waals surface area contributed by atoms with E-state index in [4.69, 9.17) is 12.2 Å². The van der Waals surface area contributed by atoms with Crippen molar-refractivity contribution in [1.82, 2.24) is 5.32 Å².